The van der Waals surface area contributed by atoms with Crippen molar-refractivity contribution in [1.82, 2.24) is 14.5 Å². The van der Waals surface area contributed by atoms with Crippen LogP contribution in [0.25, 0.3) is 94.4 Å². The highest BCUT2D eigenvalue weighted by Gasteiger charge is 2.25. The number of nitrogens with zero attached hydrogens (tertiary/aromatic N) is 3. The fourth-order valence-electron chi connectivity index (χ4n) is 7.28. The van der Waals surface area contributed by atoms with E-state index in [0.717, 1.165) is 27.8 Å². The Morgan fingerprint density at radius 2 is 1.09 bits per heavy atom. The molecule has 0 fully saturated rings. The van der Waals surface area contributed by atoms with Crippen LogP contribution in [-0.2, 0) is 0 Å². The van der Waals surface area contributed by atoms with Crippen LogP contribution >= 0.6 is 0 Å². The fourth-order valence-corrected chi connectivity index (χ4v) is 7.28. The van der Waals surface area contributed by atoms with Crippen LogP contribution in [0.1, 0.15) is 6.85 Å². The summed E-state index contributed by atoms with van der Waals surface area (Å²) in [5.41, 5.74) is 10.2. The molecule has 7 aromatic carbocycles. The van der Waals surface area contributed by atoms with Crippen LogP contribution in [0.15, 0.2) is 164 Å². The molecular formula is C44H27N3. The third kappa shape index (κ3) is 3.87. The molecule has 3 nitrogen and oxygen atoms in total. The van der Waals surface area contributed by atoms with Crippen molar-refractivity contribution >= 4 is 32.6 Å². The lowest BCUT2D eigenvalue weighted by atomic mass is 9.93. The third-order valence-corrected chi connectivity index (χ3v) is 9.24. The second kappa shape index (κ2) is 10.1. The lowest BCUT2D eigenvalue weighted by Crippen LogP contribution is -2.01. The van der Waals surface area contributed by atoms with Crippen LogP contribution in [0.5, 0.6) is 0 Å². The minimum atomic E-state index is -0.446. The minimum absolute atomic E-state index is 0.0330. The highest BCUT2D eigenvalue weighted by atomic mass is 15.0. The van der Waals surface area contributed by atoms with E-state index < -0.39 is 18.1 Å². The number of fused-ring (bicyclic) bond motifs is 3. The molecule has 0 amide bonds. The molecule has 0 N–H and O–H groups in total. The summed E-state index contributed by atoms with van der Waals surface area (Å²) in [5.74, 6) is 0.390. The first kappa shape index (κ1) is 21.4. The SMILES string of the molecule is [2H]c1c([2H])c([2H])c(-c2cc(-c3ccccc3-n3c4cccc5c4c4c6c(cccc6ccc43)-c3ccccc3-5)nc(-c3ccccc3)n2)c([2H])c1[2H]. The van der Waals surface area contributed by atoms with Crippen LogP contribution in [-0.4, -0.2) is 14.5 Å². The van der Waals surface area contributed by atoms with Crippen molar-refractivity contribution in [3.63, 3.8) is 0 Å². The van der Waals surface area contributed by atoms with Gasteiger partial charge in [-0.15, -0.1) is 0 Å². The van der Waals surface area contributed by atoms with E-state index in [2.05, 4.69) is 83.4 Å². The molecule has 1 aliphatic carbocycles. The van der Waals surface area contributed by atoms with E-state index in [0.29, 0.717) is 11.5 Å². The molecule has 0 saturated carbocycles. The normalized spacial score (nSPS) is 13.3. The number of benzene rings is 7. The third-order valence-electron chi connectivity index (χ3n) is 9.24. The summed E-state index contributed by atoms with van der Waals surface area (Å²) in [6.45, 7) is 0. The monoisotopic (exact) mass is 602 g/mol. The number of hydrogen-bond donors (Lipinski definition) is 0. The average molecular weight is 603 g/mol. The lowest BCUT2D eigenvalue weighted by Gasteiger charge is -2.16. The maximum absolute atomic E-state index is 8.78. The molecule has 0 aliphatic heterocycles. The summed E-state index contributed by atoms with van der Waals surface area (Å²) in [7, 11) is 0. The number of rotatable bonds is 4. The fraction of sp³-hybridized carbons (Fsp3) is 0. The van der Waals surface area contributed by atoms with Crippen molar-refractivity contribution in [2.24, 2.45) is 0 Å². The van der Waals surface area contributed by atoms with E-state index in [1.807, 2.05) is 48.5 Å². The molecule has 0 spiro atoms. The highest BCUT2D eigenvalue weighted by molar-refractivity contribution is 6.30. The molecule has 218 valence electrons. The van der Waals surface area contributed by atoms with Crippen molar-refractivity contribution in [3.05, 3.63) is 164 Å². The molecule has 0 saturated heterocycles. The Bertz CT molecular complexity index is 2940. The van der Waals surface area contributed by atoms with Gasteiger partial charge in [0.15, 0.2) is 5.82 Å². The largest absolute Gasteiger partial charge is 0.309 e. The standard InChI is InChI=1S/C44H27N3/c1-3-13-28(14-4-1)36-27-37(46-44(45-36)30-15-5-2-6-16-30)35-20-9-10-23-38(35)47-39-24-12-22-34-32-19-8-7-18-31(32)33-21-11-17-29-25-26-40(47)43(41(29)33)42(34)39/h1-27H/i1D,3D,4D,13D,14D. The number of hydrogen-bond acceptors (Lipinski definition) is 2. The van der Waals surface area contributed by atoms with Crippen molar-refractivity contribution in [2.75, 3.05) is 0 Å². The van der Waals surface area contributed by atoms with Crippen molar-refractivity contribution in [2.45, 2.75) is 0 Å². The van der Waals surface area contributed by atoms with Crippen LogP contribution in [0.3, 0.4) is 0 Å². The average Bonchev–Trinajstić information content (AvgIpc) is 3.47. The van der Waals surface area contributed by atoms with Crippen LogP contribution in [0, 0.1) is 0 Å². The molecule has 1 aliphatic rings. The van der Waals surface area contributed by atoms with Gasteiger partial charge in [0.25, 0.3) is 0 Å². The molecule has 0 bridgehead atoms. The lowest BCUT2D eigenvalue weighted by molar-refractivity contribution is 1.15. The molecule has 47 heavy (non-hydrogen) atoms. The topological polar surface area (TPSA) is 30.7 Å². The number of para-hydroxylation sites is 1. The first-order chi connectivity index (χ1) is 25.4. The summed E-state index contributed by atoms with van der Waals surface area (Å²) >= 11 is 0. The molecule has 2 aromatic heterocycles. The Kier molecular flexibility index (Phi) is 4.60. The van der Waals surface area contributed by atoms with E-state index in [-0.39, 0.29) is 23.3 Å². The van der Waals surface area contributed by atoms with Crippen LogP contribution in [0.4, 0.5) is 0 Å². The maximum atomic E-state index is 8.78. The molecular weight excluding hydrogens is 571 g/mol. The molecule has 0 unspecified atom stereocenters. The zero-order valence-electron chi connectivity index (χ0n) is 30.0. The van der Waals surface area contributed by atoms with Gasteiger partial charge < -0.3 is 4.57 Å². The smallest absolute Gasteiger partial charge is 0.160 e. The Morgan fingerprint density at radius 1 is 0.447 bits per heavy atom. The summed E-state index contributed by atoms with van der Waals surface area (Å²) in [4.78, 5) is 9.92. The zero-order valence-corrected chi connectivity index (χ0v) is 25.0. The molecule has 2 heterocycles. The minimum Gasteiger partial charge on any atom is -0.309 e. The second-order valence-corrected chi connectivity index (χ2v) is 11.8. The van der Waals surface area contributed by atoms with E-state index >= 15 is 0 Å². The van der Waals surface area contributed by atoms with Gasteiger partial charge in [-0.1, -0.05) is 139 Å². The highest BCUT2D eigenvalue weighted by Crippen LogP contribution is 2.50. The number of aromatic nitrogens is 3. The van der Waals surface area contributed by atoms with E-state index in [9.17, 15) is 0 Å². The van der Waals surface area contributed by atoms with Gasteiger partial charge in [0, 0.05) is 27.5 Å². The van der Waals surface area contributed by atoms with Gasteiger partial charge in [-0.25, -0.2) is 9.97 Å². The van der Waals surface area contributed by atoms with Crippen LogP contribution in [0.2, 0.25) is 0 Å². The van der Waals surface area contributed by atoms with E-state index in [1.54, 1.807) is 6.07 Å². The Hall–Kier alpha value is -6.32. The molecule has 9 aromatic rings. The maximum Gasteiger partial charge on any atom is 0.160 e. The Balaban J connectivity index is 1.30. The van der Waals surface area contributed by atoms with E-state index in [1.165, 1.54) is 43.8 Å². The zero-order chi connectivity index (χ0) is 35.2. The molecule has 10 rings (SSSR count). The van der Waals surface area contributed by atoms with Crippen molar-refractivity contribution in [1.29, 1.82) is 0 Å². The van der Waals surface area contributed by atoms with Gasteiger partial charge in [0.2, 0.25) is 0 Å². The molecule has 0 radical (unpaired) electrons. The van der Waals surface area contributed by atoms with Gasteiger partial charge in [-0.05, 0) is 57.3 Å². The predicted molar refractivity (Wildman–Crippen MR) is 195 cm³/mol. The van der Waals surface area contributed by atoms with Gasteiger partial charge >= 0.3 is 0 Å². The van der Waals surface area contributed by atoms with Gasteiger partial charge in [0.05, 0.1) is 35.0 Å². The first-order valence-corrected chi connectivity index (χ1v) is 15.6. The van der Waals surface area contributed by atoms with Crippen molar-refractivity contribution in [3.8, 4) is 61.8 Å². The van der Waals surface area contributed by atoms with Crippen molar-refractivity contribution < 1.29 is 6.85 Å². The van der Waals surface area contributed by atoms with Crippen LogP contribution < -0.4 is 0 Å². The summed E-state index contributed by atoms with van der Waals surface area (Å²) in [6.07, 6.45) is 0. The second-order valence-electron chi connectivity index (χ2n) is 11.8. The Labute approximate surface area is 279 Å². The molecule has 0 atom stereocenters. The van der Waals surface area contributed by atoms with Gasteiger partial charge in [-0.2, -0.15) is 0 Å². The summed E-state index contributed by atoms with van der Waals surface area (Å²) < 4.78 is 44.8. The predicted octanol–water partition coefficient (Wildman–Crippen LogP) is 11.4. The van der Waals surface area contributed by atoms with Gasteiger partial charge in [0.1, 0.15) is 0 Å². The van der Waals surface area contributed by atoms with Gasteiger partial charge in [-0.3, -0.25) is 0 Å². The summed E-state index contributed by atoms with van der Waals surface area (Å²) in [5, 5.41) is 4.77. The first-order valence-electron chi connectivity index (χ1n) is 18.1. The summed E-state index contributed by atoms with van der Waals surface area (Å²) in [6, 6.07) is 43.5. The molecule has 3 heteroatoms. The quantitative estimate of drug-likeness (QED) is 0.201. The van der Waals surface area contributed by atoms with E-state index in [4.69, 9.17) is 16.8 Å². The Morgan fingerprint density at radius 3 is 1.89 bits per heavy atom.